The van der Waals surface area contributed by atoms with E-state index in [1.165, 1.54) is 0 Å². The molecule has 0 unspecified atom stereocenters. The molecule has 0 aromatic heterocycles. The number of alkyl halides is 3. The van der Waals surface area contributed by atoms with Crippen molar-refractivity contribution in [2.45, 2.75) is 6.18 Å². The number of rotatable bonds is 1. The summed E-state index contributed by atoms with van der Waals surface area (Å²) >= 11 is 0. The van der Waals surface area contributed by atoms with Crippen LogP contribution < -0.4 is 10.7 Å². The van der Waals surface area contributed by atoms with Crippen LogP contribution in [0, 0.1) is 0 Å². The summed E-state index contributed by atoms with van der Waals surface area (Å²) in [6.45, 7) is 0. The number of benzene rings is 1. The second-order valence-corrected chi connectivity index (χ2v) is 2.33. The number of hydrogen-bond acceptors (Lipinski definition) is 3. The van der Waals surface area contributed by atoms with Gasteiger partial charge in [-0.3, -0.25) is 0 Å². The highest BCUT2D eigenvalue weighted by atomic mass is 19.4. The van der Waals surface area contributed by atoms with E-state index >= 15 is 0 Å². The Hall–Kier alpha value is -1.43. The first-order chi connectivity index (χ1) is 5.93. The van der Waals surface area contributed by atoms with Crippen molar-refractivity contribution in [3.8, 4) is 11.5 Å². The van der Waals surface area contributed by atoms with Crippen molar-refractivity contribution in [3.63, 3.8) is 0 Å². The largest absolute Gasteiger partial charge is 0.508 e. The molecule has 0 bridgehead atoms. The molecule has 72 valence electrons. The third-order valence-electron chi connectivity index (χ3n) is 1.35. The summed E-state index contributed by atoms with van der Waals surface area (Å²) in [7, 11) is 0. The zero-order valence-electron chi connectivity index (χ0n) is 6.30. The van der Waals surface area contributed by atoms with E-state index in [4.69, 9.17) is 5.11 Å². The summed E-state index contributed by atoms with van der Waals surface area (Å²) in [6.07, 6.45) is -4.52. The first kappa shape index (κ1) is 9.66. The number of aromatic hydroxyl groups is 1. The second-order valence-electron chi connectivity index (χ2n) is 2.33. The molecule has 0 aliphatic heterocycles. The molecule has 6 heteroatoms. The van der Waals surface area contributed by atoms with E-state index in [-0.39, 0.29) is 5.75 Å². The fraction of sp³-hybridized carbons (Fsp3) is 0.143. The van der Waals surface area contributed by atoms with Crippen molar-refractivity contribution in [3.05, 3.63) is 23.8 Å². The third-order valence-corrected chi connectivity index (χ3v) is 1.35. The molecule has 0 radical (unpaired) electrons. The van der Waals surface area contributed by atoms with Gasteiger partial charge in [-0.1, -0.05) is 0 Å². The minimum atomic E-state index is -4.52. The molecule has 1 rings (SSSR count). The van der Waals surface area contributed by atoms with Crippen molar-refractivity contribution in [1.82, 2.24) is 0 Å². The van der Waals surface area contributed by atoms with Crippen molar-refractivity contribution >= 4 is 0 Å². The molecule has 1 aromatic rings. The number of hydrogen-bond donors (Lipinski definition) is 2. The smallest absolute Gasteiger partial charge is 0.416 e. The monoisotopic (exact) mass is 193 g/mol. The van der Waals surface area contributed by atoms with Gasteiger partial charge in [0.1, 0.15) is 5.75 Å². The van der Waals surface area contributed by atoms with Crippen LogP contribution in [0.4, 0.5) is 13.2 Å². The minimum absolute atomic E-state index is 0.243. The fourth-order valence-electron chi connectivity index (χ4n) is 0.815. The molecular weight excluding hydrogens is 187 g/mol. The van der Waals surface area contributed by atoms with Gasteiger partial charge in [0.25, 0.3) is 0 Å². The molecule has 0 saturated carbocycles. The van der Waals surface area contributed by atoms with Crippen LogP contribution in [0.1, 0.15) is 5.56 Å². The van der Waals surface area contributed by atoms with Crippen LogP contribution in [0.3, 0.4) is 0 Å². The molecule has 0 saturated heterocycles. The summed E-state index contributed by atoms with van der Waals surface area (Å²) in [5, 5.41) is 8.85. The molecule has 3 N–H and O–H groups in total. The SMILES string of the molecule is NOc1cc(O)cc(C(F)(F)F)c1. The molecule has 0 amide bonds. The van der Waals surface area contributed by atoms with Gasteiger partial charge < -0.3 is 9.94 Å². The van der Waals surface area contributed by atoms with Crippen LogP contribution in [0.5, 0.6) is 11.5 Å². The Morgan fingerprint density at radius 3 is 2.31 bits per heavy atom. The molecule has 1 aromatic carbocycles. The quantitative estimate of drug-likeness (QED) is 0.667. The minimum Gasteiger partial charge on any atom is -0.508 e. The molecule has 0 fully saturated rings. The van der Waals surface area contributed by atoms with Crippen molar-refractivity contribution in [1.29, 1.82) is 0 Å². The number of nitrogens with two attached hydrogens (primary N) is 1. The van der Waals surface area contributed by atoms with Crippen molar-refractivity contribution in [2.24, 2.45) is 5.90 Å². The number of halogens is 3. The van der Waals surface area contributed by atoms with Gasteiger partial charge in [0.05, 0.1) is 5.56 Å². The lowest BCUT2D eigenvalue weighted by atomic mass is 10.2. The summed E-state index contributed by atoms with van der Waals surface area (Å²) in [4.78, 5) is 4.07. The molecular formula is C7H6F3NO2. The van der Waals surface area contributed by atoms with E-state index in [2.05, 4.69) is 10.7 Å². The maximum Gasteiger partial charge on any atom is 0.416 e. The van der Waals surface area contributed by atoms with Gasteiger partial charge in [-0.25, -0.2) is 0 Å². The molecule has 0 atom stereocenters. The van der Waals surface area contributed by atoms with Crippen LogP contribution in [0.25, 0.3) is 0 Å². The lowest BCUT2D eigenvalue weighted by Crippen LogP contribution is -2.07. The first-order valence-electron chi connectivity index (χ1n) is 3.21. The van der Waals surface area contributed by atoms with Crippen molar-refractivity contribution < 1.29 is 23.1 Å². The summed E-state index contributed by atoms with van der Waals surface area (Å²) in [6, 6.07) is 2.26. The Balaban J connectivity index is 3.16. The first-order valence-corrected chi connectivity index (χ1v) is 3.21. The Morgan fingerprint density at radius 1 is 1.23 bits per heavy atom. The summed E-state index contributed by atoms with van der Waals surface area (Å²) < 4.78 is 36.2. The molecule has 0 aliphatic rings. The van der Waals surface area contributed by atoms with E-state index in [1.54, 1.807) is 0 Å². The predicted molar refractivity (Wildman–Crippen MR) is 37.9 cm³/mol. The molecule has 13 heavy (non-hydrogen) atoms. The highest BCUT2D eigenvalue weighted by molar-refractivity contribution is 5.38. The van der Waals surface area contributed by atoms with Crippen LogP contribution >= 0.6 is 0 Å². The predicted octanol–water partition coefficient (Wildman–Crippen LogP) is 1.66. The standard InChI is InChI=1S/C7H6F3NO2/c8-7(9,10)4-1-5(12)3-6(2-4)13-11/h1-3,12H,11H2. The van der Waals surface area contributed by atoms with Gasteiger partial charge in [0, 0.05) is 6.07 Å². The Kier molecular flexibility index (Phi) is 2.33. The van der Waals surface area contributed by atoms with Gasteiger partial charge >= 0.3 is 6.18 Å². The van der Waals surface area contributed by atoms with E-state index in [0.29, 0.717) is 12.1 Å². The molecule has 0 spiro atoms. The summed E-state index contributed by atoms with van der Waals surface area (Å²) in [5.41, 5.74) is -1.01. The van der Waals surface area contributed by atoms with Gasteiger partial charge in [0.2, 0.25) is 0 Å². The normalized spacial score (nSPS) is 11.4. The average molecular weight is 193 g/mol. The average Bonchev–Trinajstić information content (AvgIpc) is 2.01. The van der Waals surface area contributed by atoms with Gasteiger partial charge in [-0.15, -0.1) is 0 Å². The van der Waals surface area contributed by atoms with Crippen LogP contribution in [0.2, 0.25) is 0 Å². The number of phenolic OH excluding ortho intramolecular Hbond substituents is 1. The highest BCUT2D eigenvalue weighted by Crippen LogP contribution is 2.34. The molecule has 0 heterocycles. The lowest BCUT2D eigenvalue weighted by Gasteiger charge is -2.08. The van der Waals surface area contributed by atoms with Gasteiger partial charge in [-0.05, 0) is 12.1 Å². The Labute approximate surface area is 71.5 Å². The van der Waals surface area contributed by atoms with Gasteiger partial charge in [-0.2, -0.15) is 19.1 Å². The highest BCUT2D eigenvalue weighted by Gasteiger charge is 2.31. The maximum atomic E-state index is 12.1. The van der Waals surface area contributed by atoms with E-state index in [1.807, 2.05) is 0 Å². The summed E-state index contributed by atoms with van der Waals surface area (Å²) in [5.74, 6) is 3.86. The van der Waals surface area contributed by atoms with Gasteiger partial charge in [0.15, 0.2) is 5.75 Å². The fourth-order valence-corrected chi connectivity index (χ4v) is 0.815. The zero-order chi connectivity index (χ0) is 10.1. The topological polar surface area (TPSA) is 55.5 Å². The lowest BCUT2D eigenvalue weighted by molar-refractivity contribution is -0.137. The van der Waals surface area contributed by atoms with Crippen LogP contribution in [0.15, 0.2) is 18.2 Å². The zero-order valence-corrected chi connectivity index (χ0v) is 6.30. The Morgan fingerprint density at radius 2 is 1.85 bits per heavy atom. The van der Waals surface area contributed by atoms with Crippen molar-refractivity contribution in [2.75, 3.05) is 0 Å². The Bertz CT molecular complexity index is 311. The molecule has 3 nitrogen and oxygen atoms in total. The second kappa shape index (κ2) is 3.14. The maximum absolute atomic E-state index is 12.1. The number of phenols is 1. The van der Waals surface area contributed by atoms with E-state index in [0.717, 1.165) is 6.07 Å². The molecule has 0 aliphatic carbocycles. The van der Waals surface area contributed by atoms with E-state index < -0.39 is 17.5 Å². The van der Waals surface area contributed by atoms with Crippen LogP contribution in [-0.4, -0.2) is 5.11 Å². The van der Waals surface area contributed by atoms with E-state index in [9.17, 15) is 13.2 Å². The third kappa shape index (κ3) is 2.25. The van der Waals surface area contributed by atoms with Crippen LogP contribution in [-0.2, 0) is 6.18 Å².